The Bertz CT molecular complexity index is 3810. The van der Waals surface area contributed by atoms with Crippen molar-refractivity contribution in [3.63, 3.8) is 0 Å². The highest BCUT2D eigenvalue weighted by Crippen LogP contribution is 2.50. The van der Waals surface area contributed by atoms with E-state index in [1.807, 2.05) is 0 Å². The second-order valence-electron chi connectivity index (χ2n) is 17.3. The molecule has 0 spiro atoms. The van der Waals surface area contributed by atoms with E-state index in [-0.39, 0.29) is 0 Å². The van der Waals surface area contributed by atoms with Crippen LogP contribution in [0, 0.1) is 0 Å². The first kappa shape index (κ1) is 37.8. The highest BCUT2D eigenvalue weighted by atomic mass is 15.1. The summed E-state index contributed by atoms with van der Waals surface area (Å²) in [6.45, 7) is 0. The fraction of sp³-hybridized carbons (Fsp3) is 0. The van der Waals surface area contributed by atoms with Crippen LogP contribution in [0.15, 0.2) is 255 Å². The summed E-state index contributed by atoms with van der Waals surface area (Å²) in [4.78, 5) is 2.43. The van der Waals surface area contributed by atoms with Gasteiger partial charge in [-0.1, -0.05) is 194 Å². The number of hydrogen-bond donors (Lipinski definition) is 0. The highest BCUT2D eigenvalue weighted by Gasteiger charge is 2.24. The summed E-state index contributed by atoms with van der Waals surface area (Å²) in [5.41, 5.74) is 21.4. The molecule has 0 saturated heterocycles. The summed E-state index contributed by atoms with van der Waals surface area (Å²) in [6.07, 6.45) is 0. The molecule has 0 bridgehead atoms. The first-order valence-electron chi connectivity index (χ1n) is 22.7. The molecule has 0 fully saturated rings. The first-order chi connectivity index (χ1) is 32.7. The van der Waals surface area contributed by atoms with Gasteiger partial charge in [-0.15, -0.1) is 0 Å². The third kappa shape index (κ3) is 6.26. The van der Waals surface area contributed by atoms with E-state index >= 15 is 0 Å². The lowest BCUT2D eigenvalue weighted by Crippen LogP contribution is -2.10. The molecule has 1 aliphatic rings. The predicted molar refractivity (Wildman–Crippen MR) is 279 cm³/mol. The molecule has 0 aliphatic heterocycles. The third-order valence-corrected chi connectivity index (χ3v) is 13.5. The molecular formula is C64H42N2. The fourth-order valence-corrected chi connectivity index (χ4v) is 10.4. The van der Waals surface area contributed by atoms with Gasteiger partial charge in [0.2, 0.25) is 0 Å². The molecule has 2 nitrogen and oxygen atoms in total. The van der Waals surface area contributed by atoms with Crippen molar-refractivity contribution < 1.29 is 0 Å². The van der Waals surface area contributed by atoms with E-state index in [2.05, 4.69) is 264 Å². The lowest BCUT2D eigenvalue weighted by Gasteiger charge is -2.29. The van der Waals surface area contributed by atoms with Gasteiger partial charge in [0.05, 0.1) is 11.0 Å². The summed E-state index contributed by atoms with van der Waals surface area (Å²) >= 11 is 0. The van der Waals surface area contributed by atoms with Gasteiger partial charge in [0.1, 0.15) is 0 Å². The SMILES string of the molecule is c1ccc(-c2ccc(-n3c4ccccc4c4ccc(-c5cccc(N(c6ccc7c(c6)-c6ccccc6-c6ccccc6-c6ccccc6-7)c6ccc7ccccc7c6)c5)cc43)cc2)cc1. The molecule has 66 heavy (non-hydrogen) atoms. The van der Waals surface area contributed by atoms with Crippen LogP contribution in [0.5, 0.6) is 0 Å². The van der Waals surface area contributed by atoms with Gasteiger partial charge in [-0.05, 0) is 138 Å². The summed E-state index contributed by atoms with van der Waals surface area (Å²) in [5, 5.41) is 4.90. The molecule has 1 aliphatic carbocycles. The largest absolute Gasteiger partial charge is 0.310 e. The van der Waals surface area contributed by atoms with E-state index in [4.69, 9.17) is 0 Å². The average molecular weight is 839 g/mol. The Balaban J connectivity index is 0.982. The number of nitrogens with zero attached hydrogens (tertiary/aromatic N) is 2. The Kier molecular flexibility index (Phi) is 8.89. The molecule has 13 rings (SSSR count). The molecule has 2 heteroatoms. The van der Waals surface area contributed by atoms with E-state index in [0.29, 0.717) is 0 Å². The minimum Gasteiger partial charge on any atom is -0.310 e. The molecule has 12 aromatic rings. The first-order valence-corrected chi connectivity index (χ1v) is 22.7. The van der Waals surface area contributed by atoms with Gasteiger partial charge in [0.25, 0.3) is 0 Å². The zero-order valence-electron chi connectivity index (χ0n) is 36.1. The molecular weight excluding hydrogens is 797 g/mol. The molecule has 1 aromatic heterocycles. The molecule has 0 saturated carbocycles. The van der Waals surface area contributed by atoms with Gasteiger partial charge < -0.3 is 9.47 Å². The van der Waals surface area contributed by atoms with Crippen molar-refractivity contribution in [3.05, 3.63) is 255 Å². The van der Waals surface area contributed by atoms with Crippen molar-refractivity contribution in [2.24, 2.45) is 0 Å². The topological polar surface area (TPSA) is 8.17 Å². The number of anilines is 3. The molecule has 308 valence electrons. The van der Waals surface area contributed by atoms with Gasteiger partial charge in [-0.25, -0.2) is 0 Å². The molecule has 0 amide bonds. The van der Waals surface area contributed by atoms with E-state index in [1.54, 1.807) is 0 Å². The average Bonchev–Trinajstić information content (AvgIpc) is 3.72. The zero-order chi connectivity index (χ0) is 43.6. The number of aromatic nitrogens is 1. The van der Waals surface area contributed by atoms with E-state index in [0.717, 1.165) is 33.9 Å². The van der Waals surface area contributed by atoms with Crippen molar-refractivity contribution in [1.82, 2.24) is 4.57 Å². The standard InChI is InChI=1S/C64H42N2/c1-2-15-43(16-3-1)45-29-33-49(34-30-45)66-63-28-13-12-27-60(63)61-37-32-48(41-64(61)66)47-19-14-20-50(40-47)65(51-35-31-44-17-4-5-18-46(44)39-51)52-36-38-59-57-25-9-8-23-55(57)53-21-6-7-22-54(53)56-24-10-11-26-58(56)62(59)42-52/h1-42H. The molecule has 0 radical (unpaired) electrons. The predicted octanol–water partition coefficient (Wildman–Crippen LogP) is 17.7. The van der Waals surface area contributed by atoms with Crippen LogP contribution in [0.1, 0.15) is 0 Å². The number of fused-ring (bicyclic) bond motifs is 12. The lowest BCUT2D eigenvalue weighted by molar-refractivity contribution is 1.18. The van der Waals surface area contributed by atoms with Crippen molar-refractivity contribution in [2.75, 3.05) is 4.90 Å². The minimum absolute atomic E-state index is 1.09. The monoisotopic (exact) mass is 838 g/mol. The number of hydrogen-bond acceptors (Lipinski definition) is 1. The van der Waals surface area contributed by atoms with Crippen molar-refractivity contribution in [3.8, 4) is 72.4 Å². The molecule has 0 atom stereocenters. The van der Waals surface area contributed by atoms with E-state index < -0.39 is 0 Å². The second kappa shape index (κ2) is 15.5. The Morgan fingerprint density at radius 1 is 0.242 bits per heavy atom. The Hall–Kier alpha value is -8.72. The maximum absolute atomic E-state index is 2.43. The van der Waals surface area contributed by atoms with Crippen molar-refractivity contribution in [1.29, 1.82) is 0 Å². The van der Waals surface area contributed by atoms with Crippen LogP contribution in [0.4, 0.5) is 17.1 Å². The maximum Gasteiger partial charge on any atom is 0.0547 e. The Morgan fingerprint density at radius 2 is 0.727 bits per heavy atom. The smallest absolute Gasteiger partial charge is 0.0547 e. The van der Waals surface area contributed by atoms with Gasteiger partial charge >= 0.3 is 0 Å². The number of benzene rings is 11. The van der Waals surface area contributed by atoms with Gasteiger partial charge in [0, 0.05) is 33.5 Å². The van der Waals surface area contributed by atoms with E-state index in [9.17, 15) is 0 Å². The second-order valence-corrected chi connectivity index (χ2v) is 17.3. The van der Waals surface area contributed by atoms with Gasteiger partial charge in [0.15, 0.2) is 0 Å². The highest BCUT2D eigenvalue weighted by molar-refractivity contribution is 6.10. The zero-order valence-corrected chi connectivity index (χ0v) is 36.1. The van der Waals surface area contributed by atoms with Crippen molar-refractivity contribution >= 4 is 49.6 Å². The summed E-state index contributed by atoms with van der Waals surface area (Å²) in [5.74, 6) is 0. The van der Waals surface area contributed by atoms with Crippen LogP contribution in [-0.4, -0.2) is 4.57 Å². The van der Waals surface area contributed by atoms with Gasteiger partial charge in [-0.3, -0.25) is 0 Å². The van der Waals surface area contributed by atoms with Crippen LogP contribution in [0.25, 0.3) is 105 Å². The van der Waals surface area contributed by atoms with Crippen LogP contribution in [-0.2, 0) is 0 Å². The van der Waals surface area contributed by atoms with Crippen LogP contribution < -0.4 is 4.90 Å². The maximum atomic E-state index is 2.43. The summed E-state index contributed by atoms with van der Waals surface area (Å²) in [7, 11) is 0. The molecule has 11 aromatic carbocycles. The molecule has 0 N–H and O–H groups in total. The number of para-hydroxylation sites is 1. The van der Waals surface area contributed by atoms with Gasteiger partial charge in [-0.2, -0.15) is 0 Å². The molecule has 0 unspecified atom stereocenters. The normalized spacial score (nSPS) is 11.6. The Labute approximate surface area is 384 Å². The molecule has 1 heterocycles. The fourth-order valence-electron chi connectivity index (χ4n) is 10.4. The van der Waals surface area contributed by atoms with Crippen molar-refractivity contribution in [2.45, 2.75) is 0 Å². The van der Waals surface area contributed by atoms with Crippen LogP contribution in [0.3, 0.4) is 0 Å². The quantitative estimate of drug-likeness (QED) is 0.162. The van der Waals surface area contributed by atoms with Crippen LogP contribution in [0.2, 0.25) is 0 Å². The number of rotatable bonds is 6. The van der Waals surface area contributed by atoms with E-state index in [1.165, 1.54) is 88.2 Å². The lowest BCUT2D eigenvalue weighted by atomic mass is 9.81. The minimum atomic E-state index is 1.09. The Morgan fingerprint density at radius 3 is 1.44 bits per heavy atom. The van der Waals surface area contributed by atoms with Crippen LogP contribution >= 0.6 is 0 Å². The summed E-state index contributed by atoms with van der Waals surface area (Å²) < 4.78 is 2.42. The third-order valence-electron chi connectivity index (χ3n) is 13.5. The summed E-state index contributed by atoms with van der Waals surface area (Å²) in [6, 6.07) is 93.5.